The number of carbonyl (C=O) groups is 4. The van der Waals surface area contributed by atoms with Gasteiger partial charge in [0.1, 0.15) is 6.54 Å². The molecule has 0 bridgehead atoms. The van der Waals surface area contributed by atoms with Crippen molar-refractivity contribution in [3.8, 4) is 0 Å². The Kier molecular flexibility index (Phi) is 2.41. The summed E-state index contributed by atoms with van der Waals surface area (Å²) in [5.41, 5.74) is -0.695. The van der Waals surface area contributed by atoms with Crippen molar-refractivity contribution >= 4 is 23.8 Å². The SMILES string of the molecule is CC1(C)CCC(=O)N(N2CC(=O)NC2=O)C1=O. The Labute approximate surface area is 97.7 Å². The zero-order chi connectivity index (χ0) is 12.8. The second-order valence-electron chi connectivity index (χ2n) is 4.81. The first kappa shape index (κ1) is 11.6. The van der Waals surface area contributed by atoms with Gasteiger partial charge in [-0.1, -0.05) is 13.8 Å². The maximum Gasteiger partial charge on any atom is 0.343 e. The van der Waals surface area contributed by atoms with Gasteiger partial charge in [0.05, 0.1) is 0 Å². The number of hydrogen-bond acceptors (Lipinski definition) is 4. The fourth-order valence-electron chi connectivity index (χ4n) is 1.87. The molecule has 0 aromatic rings. The van der Waals surface area contributed by atoms with Crippen LogP contribution in [-0.4, -0.2) is 40.3 Å². The highest BCUT2D eigenvalue weighted by Gasteiger charge is 2.46. The summed E-state index contributed by atoms with van der Waals surface area (Å²) < 4.78 is 0. The fourth-order valence-corrected chi connectivity index (χ4v) is 1.87. The van der Waals surface area contributed by atoms with Gasteiger partial charge in [-0.2, -0.15) is 5.01 Å². The molecule has 2 rings (SSSR count). The largest absolute Gasteiger partial charge is 0.343 e. The number of rotatable bonds is 1. The summed E-state index contributed by atoms with van der Waals surface area (Å²) in [6.45, 7) is 3.14. The molecule has 2 aliphatic rings. The second-order valence-corrected chi connectivity index (χ2v) is 4.81. The van der Waals surface area contributed by atoms with Crippen LogP contribution in [0.1, 0.15) is 26.7 Å². The number of amides is 5. The molecule has 2 saturated heterocycles. The summed E-state index contributed by atoms with van der Waals surface area (Å²) in [4.78, 5) is 46.3. The van der Waals surface area contributed by atoms with E-state index < -0.39 is 29.2 Å². The van der Waals surface area contributed by atoms with Crippen molar-refractivity contribution in [2.75, 3.05) is 6.54 Å². The summed E-state index contributed by atoms with van der Waals surface area (Å²) in [6, 6.07) is -0.727. The van der Waals surface area contributed by atoms with Crippen LogP contribution in [0.4, 0.5) is 4.79 Å². The summed E-state index contributed by atoms with van der Waals surface area (Å²) >= 11 is 0. The third kappa shape index (κ3) is 1.77. The van der Waals surface area contributed by atoms with Gasteiger partial charge >= 0.3 is 6.03 Å². The van der Waals surface area contributed by atoms with Crippen LogP contribution < -0.4 is 5.32 Å². The topological polar surface area (TPSA) is 86.8 Å². The number of urea groups is 1. The first-order valence-electron chi connectivity index (χ1n) is 5.31. The van der Waals surface area contributed by atoms with Crippen molar-refractivity contribution < 1.29 is 19.2 Å². The first-order valence-corrected chi connectivity index (χ1v) is 5.31. The highest BCUT2D eigenvalue weighted by Crippen LogP contribution is 2.31. The Hall–Kier alpha value is -1.92. The molecule has 0 aromatic carbocycles. The van der Waals surface area contributed by atoms with E-state index in [1.54, 1.807) is 13.8 Å². The van der Waals surface area contributed by atoms with Gasteiger partial charge in [0.15, 0.2) is 0 Å². The van der Waals surface area contributed by atoms with E-state index in [4.69, 9.17) is 0 Å². The lowest BCUT2D eigenvalue weighted by atomic mass is 9.83. The van der Waals surface area contributed by atoms with Crippen LogP contribution in [0.3, 0.4) is 0 Å². The van der Waals surface area contributed by atoms with Gasteiger partial charge in [-0.05, 0) is 6.42 Å². The third-order valence-electron chi connectivity index (χ3n) is 2.99. The molecule has 0 saturated carbocycles. The van der Waals surface area contributed by atoms with E-state index in [9.17, 15) is 19.2 Å². The van der Waals surface area contributed by atoms with E-state index in [-0.39, 0.29) is 13.0 Å². The number of hydrogen-bond donors (Lipinski definition) is 1. The number of nitrogens with one attached hydrogen (secondary N) is 1. The predicted octanol–water partition coefficient (Wildman–Crippen LogP) is -0.372. The zero-order valence-electron chi connectivity index (χ0n) is 9.65. The molecule has 0 aromatic heterocycles. The van der Waals surface area contributed by atoms with Crippen LogP contribution in [0.5, 0.6) is 0 Å². The first-order chi connectivity index (χ1) is 7.83. The van der Waals surface area contributed by atoms with Gasteiger partial charge in [-0.15, -0.1) is 0 Å². The number of nitrogens with zero attached hydrogens (tertiary/aromatic N) is 2. The van der Waals surface area contributed by atoms with Gasteiger partial charge in [-0.25, -0.2) is 9.80 Å². The Bertz CT molecular complexity index is 429. The lowest BCUT2D eigenvalue weighted by Gasteiger charge is -2.38. The summed E-state index contributed by atoms with van der Waals surface area (Å²) in [5.74, 6) is -1.41. The molecule has 0 unspecified atom stereocenters. The van der Waals surface area contributed by atoms with E-state index in [0.29, 0.717) is 6.42 Å². The molecule has 0 aliphatic carbocycles. The number of piperidine rings is 1. The second kappa shape index (κ2) is 3.54. The number of carbonyl (C=O) groups excluding carboxylic acids is 4. The Morgan fingerprint density at radius 1 is 1.18 bits per heavy atom. The van der Waals surface area contributed by atoms with Crippen LogP contribution in [0, 0.1) is 5.41 Å². The molecule has 17 heavy (non-hydrogen) atoms. The number of imide groups is 2. The van der Waals surface area contributed by atoms with Crippen LogP contribution >= 0.6 is 0 Å². The van der Waals surface area contributed by atoms with E-state index in [1.165, 1.54) is 0 Å². The molecule has 5 amide bonds. The van der Waals surface area contributed by atoms with Crippen molar-refractivity contribution in [1.82, 2.24) is 15.3 Å². The van der Waals surface area contributed by atoms with Crippen LogP contribution in [0.15, 0.2) is 0 Å². The lowest BCUT2D eigenvalue weighted by molar-refractivity contribution is -0.170. The number of hydrazine groups is 1. The minimum absolute atomic E-state index is 0.191. The molecule has 1 N–H and O–H groups in total. The molecular formula is C10H13N3O4. The van der Waals surface area contributed by atoms with Crippen molar-refractivity contribution in [3.05, 3.63) is 0 Å². The zero-order valence-corrected chi connectivity index (χ0v) is 9.65. The molecule has 0 spiro atoms. The monoisotopic (exact) mass is 239 g/mol. The highest BCUT2D eigenvalue weighted by molar-refractivity contribution is 6.07. The standard InChI is InChI=1S/C10H13N3O4/c1-10(2)4-3-7(15)13(8(10)16)12-5-6(14)11-9(12)17/h3-5H2,1-2H3,(H,11,14,17). The molecular weight excluding hydrogens is 226 g/mol. The van der Waals surface area contributed by atoms with E-state index in [1.807, 2.05) is 5.32 Å². The van der Waals surface area contributed by atoms with E-state index >= 15 is 0 Å². The summed E-state index contributed by atoms with van der Waals surface area (Å²) in [7, 11) is 0. The molecule has 2 aliphatic heterocycles. The molecule has 2 heterocycles. The smallest absolute Gasteiger partial charge is 0.275 e. The van der Waals surface area contributed by atoms with Crippen molar-refractivity contribution in [2.24, 2.45) is 5.41 Å². The normalized spacial score (nSPS) is 24.4. The van der Waals surface area contributed by atoms with Gasteiger partial charge in [0, 0.05) is 11.8 Å². The lowest BCUT2D eigenvalue weighted by Crippen LogP contribution is -2.58. The summed E-state index contributed by atoms with van der Waals surface area (Å²) in [6.07, 6.45) is 0.640. The van der Waals surface area contributed by atoms with Crippen LogP contribution in [0.25, 0.3) is 0 Å². The Balaban J connectivity index is 2.29. The van der Waals surface area contributed by atoms with Crippen LogP contribution in [-0.2, 0) is 14.4 Å². The third-order valence-corrected chi connectivity index (χ3v) is 2.99. The maximum absolute atomic E-state index is 12.1. The van der Waals surface area contributed by atoms with E-state index in [0.717, 1.165) is 10.0 Å². The molecule has 2 fully saturated rings. The Morgan fingerprint density at radius 2 is 1.82 bits per heavy atom. The Morgan fingerprint density at radius 3 is 2.35 bits per heavy atom. The van der Waals surface area contributed by atoms with Crippen molar-refractivity contribution in [1.29, 1.82) is 0 Å². The van der Waals surface area contributed by atoms with Gasteiger partial charge in [0.2, 0.25) is 11.8 Å². The summed E-state index contributed by atoms with van der Waals surface area (Å²) in [5, 5.41) is 3.70. The molecule has 7 heteroatoms. The van der Waals surface area contributed by atoms with Crippen LogP contribution in [0.2, 0.25) is 0 Å². The fraction of sp³-hybridized carbons (Fsp3) is 0.600. The van der Waals surface area contributed by atoms with Crippen molar-refractivity contribution in [2.45, 2.75) is 26.7 Å². The average molecular weight is 239 g/mol. The quantitative estimate of drug-likeness (QED) is 0.499. The van der Waals surface area contributed by atoms with E-state index in [2.05, 4.69) is 0 Å². The molecule has 0 radical (unpaired) electrons. The molecule has 92 valence electrons. The van der Waals surface area contributed by atoms with Gasteiger partial charge in [-0.3, -0.25) is 19.7 Å². The van der Waals surface area contributed by atoms with Gasteiger partial charge in [0.25, 0.3) is 5.91 Å². The molecule has 0 atom stereocenters. The maximum atomic E-state index is 12.1. The minimum Gasteiger partial charge on any atom is -0.275 e. The van der Waals surface area contributed by atoms with Gasteiger partial charge < -0.3 is 0 Å². The van der Waals surface area contributed by atoms with Crippen molar-refractivity contribution in [3.63, 3.8) is 0 Å². The molecule has 7 nitrogen and oxygen atoms in total. The average Bonchev–Trinajstić information content (AvgIpc) is 2.54. The highest BCUT2D eigenvalue weighted by atomic mass is 16.2. The predicted molar refractivity (Wildman–Crippen MR) is 55.1 cm³/mol. The minimum atomic E-state index is -0.727.